The van der Waals surface area contributed by atoms with Crippen LogP contribution in [0, 0.1) is 0 Å². The lowest BCUT2D eigenvalue weighted by molar-refractivity contribution is 0.381. The molecule has 1 aromatic rings. The maximum Gasteiger partial charge on any atom is 0.124 e. The zero-order valence-electron chi connectivity index (χ0n) is 12.5. The van der Waals surface area contributed by atoms with Crippen LogP contribution in [0.2, 0.25) is 5.02 Å². The van der Waals surface area contributed by atoms with Crippen LogP contribution in [-0.2, 0) is 6.54 Å². The second-order valence-electron chi connectivity index (χ2n) is 5.87. The van der Waals surface area contributed by atoms with Crippen molar-refractivity contribution in [3.05, 3.63) is 28.8 Å². The van der Waals surface area contributed by atoms with Gasteiger partial charge in [0.05, 0.1) is 7.11 Å². The second-order valence-corrected chi connectivity index (χ2v) is 6.31. The lowest BCUT2D eigenvalue weighted by atomic mass is 10.1. The van der Waals surface area contributed by atoms with Gasteiger partial charge in [-0.2, -0.15) is 0 Å². The molecule has 0 aliphatic rings. The molecule has 0 radical (unpaired) electrons. The highest BCUT2D eigenvalue weighted by Crippen LogP contribution is 2.22. The van der Waals surface area contributed by atoms with Gasteiger partial charge in [0.2, 0.25) is 0 Å². The molecule has 0 fully saturated rings. The van der Waals surface area contributed by atoms with Gasteiger partial charge in [-0.05, 0) is 39.8 Å². The van der Waals surface area contributed by atoms with Crippen LogP contribution < -0.4 is 15.4 Å². The van der Waals surface area contributed by atoms with E-state index in [9.17, 15) is 0 Å². The Morgan fingerprint density at radius 1 is 1.32 bits per heavy atom. The van der Waals surface area contributed by atoms with Crippen molar-refractivity contribution in [3.63, 3.8) is 0 Å². The quantitative estimate of drug-likeness (QED) is 0.841. The fourth-order valence-electron chi connectivity index (χ4n) is 1.68. The number of nitrogens with one attached hydrogen (secondary N) is 2. The highest BCUT2D eigenvalue weighted by Gasteiger charge is 2.11. The first-order valence-electron chi connectivity index (χ1n) is 6.62. The summed E-state index contributed by atoms with van der Waals surface area (Å²) in [6.45, 7) is 10.4. The molecule has 0 heterocycles. The SMILES string of the molecule is COc1cc(Cl)ccc1CNC(C)CNC(C)(C)C. The van der Waals surface area contributed by atoms with E-state index in [2.05, 4.69) is 38.3 Å². The Balaban J connectivity index is 2.48. The summed E-state index contributed by atoms with van der Waals surface area (Å²) in [6, 6.07) is 6.12. The van der Waals surface area contributed by atoms with Crippen LogP contribution in [0.15, 0.2) is 18.2 Å². The van der Waals surface area contributed by atoms with Gasteiger partial charge in [0.1, 0.15) is 5.75 Å². The topological polar surface area (TPSA) is 33.3 Å². The van der Waals surface area contributed by atoms with Crippen LogP contribution in [0.4, 0.5) is 0 Å². The highest BCUT2D eigenvalue weighted by molar-refractivity contribution is 6.30. The lowest BCUT2D eigenvalue weighted by Gasteiger charge is -2.24. The van der Waals surface area contributed by atoms with Crippen molar-refractivity contribution in [2.45, 2.75) is 45.8 Å². The smallest absolute Gasteiger partial charge is 0.124 e. The average Bonchev–Trinajstić information content (AvgIpc) is 2.33. The number of halogens is 1. The summed E-state index contributed by atoms with van der Waals surface area (Å²) in [5.41, 5.74) is 1.27. The van der Waals surface area contributed by atoms with Crippen molar-refractivity contribution in [3.8, 4) is 5.75 Å². The molecule has 0 saturated heterocycles. The molecule has 2 N–H and O–H groups in total. The minimum atomic E-state index is 0.147. The van der Waals surface area contributed by atoms with Crippen molar-refractivity contribution < 1.29 is 4.74 Å². The first kappa shape index (κ1) is 16.3. The monoisotopic (exact) mass is 284 g/mol. The van der Waals surface area contributed by atoms with Crippen molar-refractivity contribution in [2.75, 3.05) is 13.7 Å². The molecule has 19 heavy (non-hydrogen) atoms. The summed E-state index contributed by atoms with van der Waals surface area (Å²) in [5.74, 6) is 0.830. The van der Waals surface area contributed by atoms with E-state index in [0.717, 1.165) is 24.4 Å². The fraction of sp³-hybridized carbons (Fsp3) is 0.600. The van der Waals surface area contributed by atoms with Crippen molar-refractivity contribution in [2.24, 2.45) is 0 Å². The Kier molecular flexibility index (Phi) is 6.11. The minimum absolute atomic E-state index is 0.147. The Bertz CT molecular complexity index is 402. The van der Waals surface area contributed by atoms with E-state index >= 15 is 0 Å². The molecule has 1 rings (SSSR count). The summed E-state index contributed by atoms with van der Waals surface area (Å²) >= 11 is 5.95. The Morgan fingerprint density at radius 2 is 2.00 bits per heavy atom. The van der Waals surface area contributed by atoms with E-state index in [-0.39, 0.29) is 5.54 Å². The number of rotatable bonds is 6. The van der Waals surface area contributed by atoms with Crippen molar-refractivity contribution in [1.82, 2.24) is 10.6 Å². The normalized spacial score (nSPS) is 13.4. The fourth-order valence-corrected chi connectivity index (χ4v) is 1.84. The van der Waals surface area contributed by atoms with E-state index in [1.54, 1.807) is 7.11 Å². The van der Waals surface area contributed by atoms with Gasteiger partial charge in [-0.15, -0.1) is 0 Å². The lowest BCUT2D eigenvalue weighted by Crippen LogP contribution is -2.44. The summed E-state index contributed by atoms with van der Waals surface area (Å²) in [5, 5.41) is 7.66. The van der Waals surface area contributed by atoms with Crippen LogP contribution in [-0.4, -0.2) is 25.2 Å². The van der Waals surface area contributed by atoms with Gasteiger partial charge in [0, 0.05) is 35.3 Å². The van der Waals surface area contributed by atoms with Crippen LogP contribution >= 0.6 is 11.6 Å². The van der Waals surface area contributed by atoms with E-state index in [1.807, 2.05) is 18.2 Å². The first-order chi connectivity index (χ1) is 8.81. The molecule has 1 atom stereocenters. The third kappa shape index (κ3) is 6.28. The van der Waals surface area contributed by atoms with E-state index in [1.165, 1.54) is 0 Å². The maximum atomic E-state index is 5.95. The predicted molar refractivity (Wildman–Crippen MR) is 82.1 cm³/mol. The molecule has 1 unspecified atom stereocenters. The molecular formula is C15H25ClN2O. The standard InChI is InChI=1S/C15H25ClN2O/c1-11(9-18-15(2,3)4)17-10-12-6-7-13(16)8-14(12)19-5/h6-8,11,17-18H,9-10H2,1-5H3. The Hall–Kier alpha value is -0.770. The van der Waals surface area contributed by atoms with Crippen LogP contribution in [0.25, 0.3) is 0 Å². The molecule has 0 saturated carbocycles. The summed E-state index contributed by atoms with van der Waals surface area (Å²) < 4.78 is 5.33. The molecule has 3 nitrogen and oxygen atoms in total. The zero-order chi connectivity index (χ0) is 14.5. The second kappa shape index (κ2) is 7.13. The van der Waals surface area contributed by atoms with E-state index in [0.29, 0.717) is 11.1 Å². The summed E-state index contributed by atoms with van der Waals surface area (Å²) in [4.78, 5) is 0. The third-order valence-corrected chi connectivity index (χ3v) is 3.06. The molecular weight excluding hydrogens is 260 g/mol. The summed E-state index contributed by atoms with van der Waals surface area (Å²) in [7, 11) is 1.67. The van der Waals surface area contributed by atoms with Crippen molar-refractivity contribution in [1.29, 1.82) is 0 Å². The molecule has 4 heteroatoms. The minimum Gasteiger partial charge on any atom is -0.496 e. The molecule has 0 aliphatic carbocycles. The number of methoxy groups -OCH3 is 1. The Morgan fingerprint density at radius 3 is 2.58 bits per heavy atom. The molecule has 108 valence electrons. The molecule has 1 aromatic carbocycles. The van der Waals surface area contributed by atoms with Gasteiger partial charge in [-0.1, -0.05) is 17.7 Å². The largest absolute Gasteiger partial charge is 0.496 e. The molecule has 0 aliphatic heterocycles. The summed E-state index contributed by atoms with van der Waals surface area (Å²) in [6.07, 6.45) is 0. The van der Waals surface area contributed by atoms with Crippen LogP contribution in [0.5, 0.6) is 5.75 Å². The Labute approximate surface area is 121 Å². The van der Waals surface area contributed by atoms with Crippen LogP contribution in [0.1, 0.15) is 33.3 Å². The maximum absolute atomic E-state index is 5.95. The number of benzene rings is 1. The molecule has 0 aromatic heterocycles. The van der Waals surface area contributed by atoms with Gasteiger partial charge in [0.25, 0.3) is 0 Å². The third-order valence-electron chi connectivity index (χ3n) is 2.83. The van der Waals surface area contributed by atoms with Gasteiger partial charge >= 0.3 is 0 Å². The van der Waals surface area contributed by atoms with Crippen LogP contribution in [0.3, 0.4) is 0 Å². The van der Waals surface area contributed by atoms with Gasteiger partial charge in [0.15, 0.2) is 0 Å². The number of ether oxygens (including phenoxy) is 1. The van der Waals surface area contributed by atoms with Crippen molar-refractivity contribution >= 4 is 11.6 Å². The molecule has 0 bridgehead atoms. The molecule has 0 spiro atoms. The average molecular weight is 285 g/mol. The highest BCUT2D eigenvalue weighted by atomic mass is 35.5. The van der Waals surface area contributed by atoms with E-state index < -0.39 is 0 Å². The predicted octanol–water partition coefficient (Wildman–Crippen LogP) is 3.21. The molecule has 0 amide bonds. The zero-order valence-corrected chi connectivity index (χ0v) is 13.3. The number of hydrogen-bond donors (Lipinski definition) is 2. The van der Waals surface area contributed by atoms with E-state index in [4.69, 9.17) is 16.3 Å². The van der Waals surface area contributed by atoms with Gasteiger partial charge < -0.3 is 15.4 Å². The van der Waals surface area contributed by atoms with Gasteiger partial charge in [-0.3, -0.25) is 0 Å². The van der Waals surface area contributed by atoms with Gasteiger partial charge in [-0.25, -0.2) is 0 Å². The first-order valence-corrected chi connectivity index (χ1v) is 7.00. The number of hydrogen-bond acceptors (Lipinski definition) is 3.